The van der Waals surface area contributed by atoms with Gasteiger partial charge in [0.05, 0.1) is 0 Å². The van der Waals surface area contributed by atoms with Gasteiger partial charge in [-0.25, -0.2) is 0 Å². The van der Waals surface area contributed by atoms with Crippen molar-refractivity contribution in [2.24, 2.45) is 11.8 Å². The summed E-state index contributed by atoms with van der Waals surface area (Å²) >= 11 is 0. The van der Waals surface area contributed by atoms with Gasteiger partial charge in [-0.15, -0.1) is 6.58 Å². The monoisotopic (exact) mass is 155 g/mol. The highest BCUT2D eigenvalue weighted by atomic mass is 16.1. The zero-order valence-electron chi connectivity index (χ0n) is 7.55. The molecule has 11 heavy (non-hydrogen) atoms. The van der Waals surface area contributed by atoms with Crippen LogP contribution in [0.5, 0.6) is 0 Å². The van der Waals surface area contributed by atoms with Gasteiger partial charge in [0.15, 0.2) is 0 Å². The van der Waals surface area contributed by atoms with Crippen LogP contribution in [0, 0.1) is 11.8 Å². The van der Waals surface area contributed by atoms with Crippen molar-refractivity contribution < 1.29 is 4.79 Å². The summed E-state index contributed by atoms with van der Waals surface area (Å²) in [6.07, 6.45) is 1.69. The third kappa shape index (κ3) is 3.81. The molecule has 0 aliphatic rings. The third-order valence-corrected chi connectivity index (χ3v) is 1.83. The van der Waals surface area contributed by atoms with E-state index >= 15 is 0 Å². The van der Waals surface area contributed by atoms with Crippen LogP contribution < -0.4 is 5.32 Å². The molecule has 1 amide bonds. The van der Waals surface area contributed by atoms with E-state index in [-0.39, 0.29) is 11.8 Å². The maximum Gasteiger partial charge on any atom is 0.223 e. The van der Waals surface area contributed by atoms with Gasteiger partial charge in [-0.05, 0) is 5.92 Å². The van der Waals surface area contributed by atoms with Crippen LogP contribution in [-0.4, -0.2) is 12.5 Å². The summed E-state index contributed by atoms with van der Waals surface area (Å²) in [5, 5.41) is 2.76. The molecule has 0 spiro atoms. The summed E-state index contributed by atoms with van der Waals surface area (Å²) in [6.45, 7) is 10.1. The lowest BCUT2D eigenvalue weighted by atomic mass is 9.97. The van der Waals surface area contributed by atoms with Crippen LogP contribution in [-0.2, 0) is 4.79 Å². The van der Waals surface area contributed by atoms with E-state index in [0.717, 1.165) is 0 Å². The Morgan fingerprint density at radius 2 is 2.09 bits per heavy atom. The van der Waals surface area contributed by atoms with Crippen molar-refractivity contribution in [3.8, 4) is 0 Å². The highest BCUT2D eigenvalue weighted by molar-refractivity contribution is 5.78. The van der Waals surface area contributed by atoms with Crippen molar-refractivity contribution in [2.75, 3.05) is 6.54 Å². The van der Waals surface area contributed by atoms with Crippen molar-refractivity contribution >= 4 is 5.91 Å². The Hall–Kier alpha value is -0.790. The molecule has 0 radical (unpaired) electrons. The number of carbonyl (C=O) groups excluding carboxylic acids is 1. The van der Waals surface area contributed by atoms with Crippen LogP contribution in [0.1, 0.15) is 20.8 Å². The van der Waals surface area contributed by atoms with E-state index in [1.165, 1.54) is 0 Å². The number of hydrogen-bond acceptors (Lipinski definition) is 1. The maximum absolute atomic E-state index is 11.2. The van der Waals surface area contributed by atoms with Gasteiger partial charge in [0.25, 0.3) is 0 Å². The number of rotatable bonds is 4. The Kier molecular flexibility index (Phi) is 4.59. The zero-order chi connectivity index (χ0) is 8.85. The van der Waals surface area contributed by atoms with Crippen LogP contribution in [0.3, 0.4) is 0 Å². The lowest BCUT2D eigenvalue weighted by Crippen LogP contribution is -2.31. The second-order valence-corrected chi connectivity index (χ2v) is 3.07. The maximum atomic E-state index is 11.2. The first-order valence-corrected chi connectivity index (χ1v) is 3.98. The van der Waals surface area contributed by atoms with Crippen LogP contribution in [0.2, 0.25) is 0 Å². The fourth-order valence-electron chi connectivity index (χ4n) is 0.636. The van der Waals surface area contributed by atoms with Crippen molar-refractivity contribution in [2.45, 2.75) is 20.8 Å². The van der Waals surface area contributed by atoms with E-state index in [4.69, 9.17) is 0 Å². The predicted octanol–water partition coefficient (Wildman–Crippen LogP) is 1.58. The summed E-state index contributed by atoms with van der Waals surface area (Å²) in [7, 11) is 0. The molecule has 1 unspecified atom stereocenters. The average molecular weight is 155 g/mol. The Morgan fingerprint density at radius 1 is 1.55 bits per heavy atom. The van der Waals surface area contributed by atoms with Gasteiger partial charge in [0, 0.05) is 12.5 Å². The van der Waals surface area contributed by atoms with Crippen LogP contribution in [0.25, 0.3) is 0 Å². The molecule has 0 aliphatic carbocycles. The number of nitrogens with one attached hydrogen (secondary N) is 1. The fourth-order valence-corrected chi connectivity index (χ4v) is 0.636. The average Bonchev–Trinajstić information content (AvgIpc) is 1.98. The van der Waals surface area contributed by atoms with Gasteiger partial charge in [0.2, 0.25) is 5.91 Å². The number of hydrogen-bond donors (Lipinski definition) is 1. The number of amides is 1. The molecule has 0 fully saturated rings. The number of carbonyl (C=O) groups is 1. The quantitative estimate of drug-likeness (QED) is 0.614. The highest BCUT2D eigenvalue weighted by Gasteiger charge is 2.14. The highest BCUT2D eigenvalue weighted by Crippen LogP contribution is 2.08. The van der Waals surface area contributed by atoms with E-state index in [1.807, 2.05) is 20.8 Å². The van der Waals surface area contributed by atoms with E-state index in [0.29, 0.717) is 12.5 Å². The minimum Gasteiger partial charge on any atom is -0.352 e. The molecule has 0 aromatic rings. The molecule has 0 rings (SSSR count). The van der Waals surface area contributed by atoms with Crippen LogP contribution >= 0.6 is 0 Å². The van der Waals surface area contributed by atoms with E-state index in [9.17, 15) is 4.79 Å². The molecule has 1 atom stereocenters. The molecule has 2 nitrogen and oxygen atoms in total. The Morgan fingerprint density at radius 3 is 2.45 bits per heavy atom. The van der Waals surface area contributed by atoms with Crippen LogP contribution in [0.4, 0.5) is 0 Å². The van der Waals surface area contributed by atoms with E-state index in [2.05, 4.69) is 11.9 Å². The summed E-state index contributed by atoms with van der Waals surface area (Å²) in [5.41, 5.74) is 0. The van der Waals surface area contributed by atoms with Gasteiger partial charge in [-0.1, -0.05) is 26.8 Å². The van der Waals surface area contributed by atoms with E-state index in [1.54, 1.807) is 6.08 Å². The molecule has 0 aliphatic heterocycles. The summed E-state index contributed by atoms with van der Waals surface area (Å²) in [5.74, 6) is 0.606. The minimum absolute atomic E-state index is 0.0925. The fraction of sp³-hybridized carbons (Fsp3) is 0.667. The van der Waals surface area contributed by atoms with Crippen molar-refractivity contribution in [1.82, 2.24) is 5.32 Å². The van der Waals surface area contributed by atoms with Gasteiger partial charge >= 0.3 is 0 Å². The minimum atomic E-state index is 0.0925. The molecule has 64 valence electrons. The lowest BCUT2D eigenvalue weighted by Gasteiger charge is -2.13. The zero-order valence-corrected chi connectivity index (χ0v) is 7.55. The molecule has 0 heterocycles. The summed E-state index contributed by atoms with van der Waals surface area (Å²) < 4.78 is 0. The largest absolute Gasteiger partial charge is 0.352 e. The second kappa shape index (κ2) is 4.94. The Bertz CT molecular complexity index is 140. The lowest BCUT2D eigenvalue weighted by molar-refractivity contribution is -0.125. The van der Waals surface area contributed by atoms with E-state index < -0.39 is 0 Å². The Labute approximate surface area is 68.7 Å². The molecule has 0 saturated heterocycles. The molecular weight excluding hydrogens is 138 g/mol. The summed E-state index contributed by atoms with van der Waals surface area (Å²) in [6, 6.07) is 0. The van der Waals surface area contributed by atoms with Gasteiger partial charge in [-0.3, -0.25) is 4.79 Å². The van der Waals surface area contributed by atoms with Crippen LogP contribution in [0.15, 0.2) is 12.7 Å². The predicted molar refractivity (Wildman–Crippen MR) is 47.2 cm³/mol. The molecule has 0 aromatic carbocycles. The van der Waals surface area contributed by atoms with Gasteiger partial charge < -0.3 is 5.32 Å². The molecule has 1 N–H and O–H groups in total. The van der Waals surface area contributed by atoms with Crippen molar-refractivity contribution in [1.29, 1.82) is 0 Å². The molecule has 2 heteroatoms. The topological polar surface area (TPSA) is 29.1 Å². The summed E-state index contributed by atoms with van der Waals surface area (Å²) in [4.78, 5) is 11.2. The molecule has 0 aromatic heterocycles. The molecular formula is C9H17NO. The SMILES string of the molecule is C=CCNC(=O)C(C)C(C)C. The second-order valence-electron chi connectivity index (χ2n) is 3.07. The van der Waals surface area contributed by atoms with Gasteiger partial charge in [0.1, 0.15) is 0 Å². The first kappa shape index (κ1) is 10.2. The third-order valence-electron chi connectivity index (χ3n) is 1.83. The standard InChI is InChI=1S/C9H17NO/c1-5-6-10-9(11)8(4)7(2)3/h5,7-8H,1,6H2,2-4H3,(H,10,11). The molecule has 0 saturated carbocycles. The molecule has 0 bridgehead atoms. The normalized spacial score (nSPS) is 12.7. The Balaban J connectivity index is 3.73. The van der Waals surface area contributed by atoms with Crippen molar-refractivity contribution in [3.63, 3.8) is 0 Å². The van der Waals surface area contributed by atoms with Crippen molar-refractivity contribution in [3.05, 3.63) is 12.7 Å². The van der Waals surface area contributed by atoms with Gasteiger partial charge in [-0.2, -0.15) is 0 Å². The first-order chi connectivity index (χ1) is 5.09. The smallest absolute Gasteiger partial charge is 0.223 e. The first-order valence-electron chi connectivity index (χ1n) is 3.98.